The summed E-state index contributed by atoms with van der Waals surface area (Å²) in [6.45, 7) is 5.24. The fourth-order valence-electron chi connectivity index (χ4n) is 1.32. The molecule has 19 heavy (non-hydrogen) atoms. The van der Waals surface area contributed by atoms with Gasteiger partial charge in [0.2, 0.25) is 0 Å². The number of carbonyl (C=O) groups is 2. The summed E-state index contributed by atoms with van der Waals surface area (Å²) in [6.07, 6.45) is -0.653. The first kappa shape index (κ1) is 15.3. The number of rotatable bonds is 2. The highest BCUT2D eigenvalue weighted by molar-refractivity contribution is 6.31. The fourth-order valence-corrected chi connectivity index (χ4v) is 1.49. The number of hydrogen-bond donors (Lipinski definition) is 1. The van der Waals surface area contributed by atoms with Crippen LogP contribution in [0.1, 0.15) is 31.1 Å². The zero-order chi connectivity index (χ0) is 14.6. The van der Waals surface area contributed by atoms with Crippen LogP contribution in [0.3, 0.4) is 0 Å². The Kier molecular flexibility index (Phi) is 4.78. The summed E-state index contributed by atoms with van der Waals surface area (Å²) >= 11 is 5.81. The Balaban J connectivity index is 2.95. The minimum Gasteiger partial charge on any atom is -0.465 e. The number of anilines is 1. The molecule has 0 fully saturated rings. The molecule has 0 saturated carbocycles. The maximum atomic E-state index is 11.7. The van der Waals surface area contributed by atoms with Crippen LogP contribution in [0.2, 0.25) is 5.02 Å². The first-order valence-corrected chi connectivity index (χ1v) is 5.98. The van der Waals surface area contributed by atoms with Crippen LogP contribution < -0.4 is 5.32 Å². The second-order valence-corrected chi connectivity index (χ2v) is 5.24. The molecule has 0 radical (unpaired) electrons. The van der Waals surface area contributed by atoms with E-state index in [1.54, 1.807) is 26.8 Å². The van der Waals surface area contributed by atoms with Crippen LogP contribution in [0.15, 0.2) is 18.2 Å². The van der Waals surface area contributed by atoms with Gasteiger partial charge in [-0.1, -0.05) is 11.6 Å². The van der Waals surface area contributed by atoms with E-state index >= 15 is 0 Å². The van der Waals surface area contributed by atoms with Crippen LogP contribution in [0, 0.1) is 0 Å². The van der Waals surface area contributed by atoms with Crippen LogP contribution in [-0.2, 0) is 9.47 Å². The average Bonchev–Trinajstić information content (AvgIpc) is 2.28. The molecule has 0 saturated heterocycles. The van der Waals surface area contributed by atoms with E-state index in [1.807, 2.05) is 0 Å². The number of amides is 1. The molecule has 1 aromatic rings. The quantitative estimate of drug-likeness (QED) is 0.845. The maximum Gasteiger partial charge on any atom is 0.412 e. The third-order valence-corrected chi connectivity index (χ3v) is 2.26. The van der Waals surface area contributed by atoms with E-state index in [4.69, 9.17) is 16.3 Å². The van der Waals surface area contributed by atoms with Crippen molar-refractivity contribution in [2.75, 3.05) is 12.4 Å². The lowest BCUT2D eigenvalue weighted by Crippen LogP contribution is -2.27. The molecule has 0 aliphatic heterocycles. The van der Waals surface area contributed by atoms with Gasteiger partial charge in [-0.3, -0.25) is 5.32 Å². The maximum absolute atomic E-state index is 11.7. The molecule has 1 amide bonds. The Hall–Kier alpha value is -1.75. The van der Waals surface area contributed by atoms with E-state index in [-0.39, 0.29) is 11.3 Å². The number of esters is 1. The van der Waals surface area contributed by atoms with E-state index in [0.717, 1.165) is 0 Å². The number of benzene rings is 1. The van der Waals surface area contributed by atoms with Crippen molar-refractivity contribution in [3.63, 3.8) is 0 Å². The largest absolute Gasteiger partial charge is 0.465 e. The lowest BCUT2D eigenvalue weighted by molar-refractivity contribution is 0.0602. The molecule has 1 N–H and O–H groups in total. The van der Waals surface area contributed by atoms with Gasteiger partial charge in [-0.2, -0.15) is 0 Å². The van der Waals surface area contributed by atoms with Crippen LogP contribution in [0.25, 0.3) is 0 Å². The van der Waals surface area contributed by atoms with E-state index < -0.39 is 17.7 Å². The molecule has 1 rings (SSSR count). The molecular formula is C13H16ClNO4. The minimum absolute atomic E-state index is 0.167. The molecular weight excluding hydrogens is 270 g/mol. The molecule has 0 aliphatic carbocycles. The van der Waals surface area contributed by atoms with Crippen LogP contribution in [-0.4, -0.2) is 24.8 Å². The molecule has 0 aromatic heterocycles. The third-order valence-electron chi connectivity index (χ3n) is 2.02. The van der Waals surface area contributed by atoms with Gasteiger partial charge in [0.05, 0.1) is 18.4 Å². The number of nitrogens with one attached hydrogen (secondary N) is 1. The molecule has 5 nitrogen and oxygen atoms in total. The Bertz CT molecular complexity index is 494. The summed E-state index contributed by atoms with van der Waals surface area (Å²) in [5, 5.41) is 2.86. The van der Waals surface area contributed by atoms with E-state index in [1.165, 1.54) is 19.2 Å². The van der Waals surface area contributed by atoms with Gasteiger partial charge in [0.25, 0.3) is 0 Å². The number of carbonyl (C=O) groups excluding carboxylic acids is 2. The molecule has 104 valence electrons. The second-order valence-electron chi connectivity index (χ2n) is 4.81. The summed E-state index contributed by atoms with van der Waals surface area (Å²) in [4.78, 5) is 23.2. The molecule has 6 heteroatoms. The SMILES string of the molecule is COC(=O)c1cc(Cl)ccc1NC(=O)OC(C)(C)C. The van der Waals surface area contributed by atoms with E-state index in [9.17, 15) is 9.59 Å². The van der Waals surface area contributed by atoms with Gasteiger partial charge in [0, 0.05) is 5.02 Å². The Morgan fingerprint density at radius 1 is 1.26 bits per heavy atom. The van der Waals surface area contributed by atoms with E-state index in [0.29, 0.717) is 5.02 Å². The second kappa shape index (κ2) is 5.93. The molecule has 0 heterocycles. The van der Waals surface area contributed by atoms with Gasteiger partial charge in [-0.25, -0.2) is 9.59 Å². The monoisotopic (exact) mass is 285 g/mol. The van der Waals surface area contributed by atoms with Crippen molar-refractivity contribution in [2.45, 2.75) is 26.4 Å². The molecule has 0 bridgehead atoms. The van der Waals surface area contributed by atoms with Gasteiger partial charge in [0.15, 0.2) is 0 Å². The number of methoxy groups -OCH3 is 1. The topological polar surface area (TPSA) is 64.6 Å². The Morgan fingerprint density at radius 2 is 1.89 bits per heavy atom. The van der Waals surface area contributed by atoms with Crippen molar-refractivity contribution in [3.05, 3.63) is 28.8 Å². The van der Waals surface area contributed by atoms with Gasteiger partial charge in [-0.05, 0) is 39.0 Å². The van der Waals surface area contributed by atoms with Crippen molar-refractivity contribution < 1.29 is 19.1 Å². The third kappa shape index (κ3) is 4.79. The lowest BCUT2D eigenvalue weighted by atomic mass is 10.2. The van der Waals surface area contributed by atoms with Gasteiger partial charge in [-0.15, -0.1) is 0 Å². The molecule has 0 atom stereocenters. The zero-order valence-electron chi connectivity index (χ0n) is 11.2. The van der Waals surface area contributed by atoms with Crippen LogP contribution in [0.5, 0.6) is 0 Å². The van der Waals surface area contributed by atoms with Gasteiger partial charge < -0.3 is 9.47 Å². The van der Waals surface area contributed by atoms with Crippen molar-refractivity contribution in [1.29, 1.82) is 0 Å². The van der Waals surface area contributed by atoms with Crippen molar-refractivity contribution in [1.82, 2.24) is 0 Å². The Morgan fingerprint density at radius 3 is 2.42 bits per heavy atom. The van der Waals surface area contributed by atoms with Crippen molar-refractivity contribution in [3.8, 4) is 0 Å². The van der Waals surface area contributed by atoms with Gasteiger partial charge in [0.1, 0.15) is 5.60 Å². The summed E-state index contributed by atoms with van der Waals surface area (Å²) in [5.41, 5.74) is -0.173. The molecule has 0 aliphatic rings. The number of hydrogen-bond acceptors (Lipinski definition) is 4. The summed E-state index contributed by atoms with van der Waals surface area (Å²) in [5.74, 6) is -0.589. The number of halogens is 1. The first-order valence-electron chi connectivity index (χ1n) is 5.61. The van der Waals surface area contributed by atoms with Crippen molar-refractivity contribution in [2.24, 2.45) is 0 Å². The van der Waals surface area contributed by atoms with Gasteiger partial charge >= 0.3 is 12.1 Å². The smallest absolute Gasteiger partial charge is 0.412 e. The van der Waals surface area contributed by atoms with Crippen molar-refractivity contribution >= 4 is 29.4 Å². The molecule has 0 unspecified atom stereocenters. The zero-order valence-corrected chi connectivity index (χ0v) is 12.0. The summed E-state index contributed by atoms with van der Waals surface area (Å²) < 4.78 is 9.73. The normalized spacial score (nSPS) is 10.8. The number of ether oxygens (including phenoxy) is 2. The predicted molar refractivity (Wildman–Crippen MR) is 72.6 cm³/mol. The average molecular weight is 286 g/mol. The first-order chi connectivity index (χ1) is 8.73. The highest BCUT2D eigenvalue weighted by Crippen LogP contribution is 2.22. The summed E-state index contributed by atoms with van der Waals surface area (Å²) in [7, 11) is 1.25. The van der Waals surface area contributed by atoms with Crippen LogP contribution >= 0.6 is 11.6 Å². The lowest BCUT2D eigenvalue weighted by Gasteiger charge is -2.20. The Labute approximate surface area is 116 Å². The highest BCUT2D eigenvalue weighted by atomic mass is 35.5. The highest BCUT2D eigenvalue weighted by Gasteiger charge is 2.19. The molecule has 1 aromatic carbocycles. The fraction of sp³-hybridized carbons (Fsp3) is 0.385. The van der Waals surface area contributed by atoms with E-state index in [2.05, 4.69) is 10.1 Å². The minimum atomic E-state index is -0.653. The molecule has 0 spiro atoms. The predicted octanol–water partition coefficient (Wildman–Crippen LogP) is 3.47. The van der Waals surface area contributed by atoms with Crippen LogP contribution in [0.4, 0.5) is 10.5 Å². The summed E-state index contributed by atoms with van der Waals surface area (Å²) in [6, 6.07) is 4.49. The standard InChI is InChI=1S/C13H16ClNO4/c1-13(2,3)19-12(17)15-10-6-5-8(14)7-9(10)11(16)18-4/h5-7H,1-4H3,(H,15,17).